The molecule has 17 heavy (non-hydrogen) atoms. The number of hydrogen-bond donors (Lipinski definition) is 2. The van der Waals surface area contributed by atoms with Crippen LogP contribution in [0.25, 0.3) is 10.8 Å². The summed E-state index contributed by atoms with van der Waals surface area (Å²) in [5, 5.41) is 5.75. The summed E-state index contributed by atoms with van der Waals surface area (Å²) in [6, 6.07) is 8.31. The number of nitrogen functional groups attached to an aromatic ring is 1. The van der Waals surface area contributed by atoms with Crippen molar-refractivity contribution >= 4 is 16.5 Å². The molecule has 0 saturated carbocycles. The number of fused-ring (bicyclic) bond motifs is 1. The largest absolute Gasteiger partial charge is 0.397 e. The molecule has 3 rings (SSSR count). The Morgan fingerprint density at radius 1 is 1.12 bits per heavy atom. The SMILES string of the molecule is Nc1cnc(C2CCNCC2)c2ccccc12. The minimum atomic E-state index is 0.571. The Bertz CT molecular complexity index is 530. The van der Waals surface area contributed by atoms with Gasteiger partial charge in [0.05, 0.1) is 17.6 Å². The minimum absolute atomic E-state index is 0.571. The molecule has 1 fully saturated rings. The van der Waals surface area contributed by atoms with E-state index >= 15 is 0 Å². The van der Waals surface area contributed by atoms with Crippen molar-refractivity contribution in [1.29, 1.82) is 0 Å². The molecule has 2 heterocycles. The van der Waals surface area contributed by atoms with Crippen LogP contribution >= 0.6 is 0 Å². The first-order valence-corrected chi connectivity index (χ1v) is 6.20. The zero-order valence-electron chi connectivity index (χ0n) is 9.82. The Balaban J connectivity index is 2.12. The predicted octanol–water partition coefficient (Wildman–Crippen LogP) is 2.28. The lowest BCUT2D eigenvalue weighted by Crippen LogP contribution is -2.27. The second-order valence-electron chi connectivity index (χ2n) is 4.67. The molecule has 0 atom stereocenters. The first kappa shape index (κ1) is 10.5. The highest BCUT2D eigenvalue weighted by molar-refractivity contribution is 5.94. The molecule has 0 radical (unpaired) electrons. The highest BCUT2D eigenvalue weighted by atomic mass is 14.9. The second kappa shape index (κ2) is 4.34. The van der Waals surface area contributed by atoms with E-state index in [1.807, 2.05) is 6.07 Å². The van der Waals surface area contributed by atoms with Crippen molar-refractivity contribution < 1.29 is 0 Å². The third-order valence-electron chi connectivity index (χ3n) is 3.58. The molecule has 0 unspecified atom stereocenters. The van der Waals surface area contributed by atoms with Gasteiger partial charge in [0.25, 0.3) is 0 Å². The Morgan fingerprint density at radius 2 is 1.82 bits per heavy atom. The van der Waals surface area contributed by atoms with Crippen LogP contribution in [-0.2, 0) is 0 Å². The number of nitrogens with one attached hydrogen (secondary N) is 1. The lowest BCUT2D eigenvalue weighted by atomic mass is 9.91. The summed E-state index contributed by atoms with van der Waals surface area (Å²) in [5.74, 6) is 0.571. The van der Waals surface area contributed by atoms with Gasteiger partial charge in [-0.05, 0) is 25.9 Å². The van der Waals surface area contributed by atoms with Crippen LogP contribution in [0.5, 0.6) is 0 Å². The van der Waals surface area contributed by atoms with Gasteiger partial charge in [-0.3, -0.25) is 4.98 Å². The molecule has 3 nitrogen and oxygen atoms in total. The Kier molecular flexibility index (Phi) is 2.69. The van der Waals surface area contributed by atoms with Crippen LogP contribution < -0.4 is 11.1 Å². The van der Waals surface area contributed by atoms with Crippen LogP contribution in [0.1, 0.15) is 24.5 Å². The quantitative estimate of drug-likeness (QED) is 0.786. The molecule has 1 aliphatic heterocycles. The highest BCUT2D eigenvalue weighted by Gasteiger charge is 2.19. The third kappa shape index (κ3) is 1.87. The summed E-state index contributed by atoms with van der Waals surface area (Å²) in [7, 11) is 0. The summed E-state index contributed by atoms with van der Waals surface area (Å²) in [4.78, 5) is 4.58. The van der Waals surface area contributed by atoms with Crippen molar-refractivity contribution in [2.45, 2.75) is 18.8 Å². The topological polar surface area (TPSA) is 50.9 Å². The van der Waals surface area contributed by atoms with Gasteiger partial charge in [-0.15, -0.1) is 0 Å². The fraction of sp³-hybridized carbons (Fsp3) is 0.357. The van der Waals surface area contributed by atoms with Crippen molar-refractivity contribution in [2.75, 3.05) is 18.8 Å². The van der Waals surface area contributed by atoms with Gasteiger partial charge in [0.2, 0.25) is 0 Å². The molecular formula is C14H17N3. The zero-order chi connectivity index (χ0) is 11.7. The van der Waals surface area contributed by atoms with Gasteiger partial charge in [0, 0.05) is 16.7 Å². The van der Waals surface area contributed by atoms with Gasteiger partial charge >= 0.3 is 0 Å². The summed E-state index contributed by atoms with van der Waals surface area (Å²) >= 11 is 0. The van der Waals surface area contributed by atoms with E-state index in [2.05, 4.69) is 28.5 Å². The molecule has 0 bridgehead atoms. The maximum absolute atomic E-state index is 5.98. The van der Waals surface area contributed by atoms with Gasteiger partial charge in [-0.25, -0.2) is 0 Å². The van der Waals surface area contributed by atoms with Crippen molar-refractivity contribution in [1.82, 2.24) is 10.3 Å². The Morgan fingerprint density at radius 3 is 2.59 bits per heavy atom. The molecule has 0 aliphatic carbocycles. The van der Waals surface area contributed by atoms with Crippen molar-refractivity contribution in [3.63, 3.8) is 0 Å². The maximum atomic E-state index is 5.98. The summed E-state index contributed by atoms with van der Waals surface area (Å²) in [6.07, 6.45) is 4.14. The van der Waals surface area contributed by atoms with Crippen LogP contribution in [-0.4, -0.2) is 18.1 Å². The van der Waals surface area contributed by atoms with Gasteiger partial charge in [0.15, 0.2) is 0 Å². The molecule has 1 aliphatic rings. The number of nitrogens with two attached hydrogens (primary N) is 1. The number of pyridine rings is 1. The van der Waals surface area contributed by atoms with E-state index in [4.69, 9.17) is 5.73 Å². The first-order chi connectivity index (χ1) is 8.36. The second-order valence-corrected chi connectivity index (χ2v) is 4.67. The van der Waals surface area contributed by atoms with Crippen LogP contribution in [0, 0.1) is 0 Å². The van der Waals surface area contributed by atoms with Gasteiger partial charge in [-0.2, -0.15) is 0 Å². The van der Waals surface area contributed by atoms with E-state index in [-0.39, 0.29) is 0 Å². The number of hydrogen-bond acceptors (Lipinski definition) is 3. The minimum Gasteiger partial charge on any atom is -0.397 e. The first-order valence-electron chi connectivity index (χ1n) is 6.20. The molecule has 2 aromatic rings. The van der Waals surface area contributed by atoms with E-state index in [1.165, 1.54) is 23.9 Å². The number of aromatic nitrogens is 1. The summed E-state index contributed by atoms with van der Waals surface area (Å²) in [5.41, 5.74) is 7.97. The molecule has 0 spiro atoms. The van der Waals surface area contributed by atoms with Crippen LogP contribution in [0.2, 0.25) is 0 Å². The van der Waals surface area contributed by atoms with E-state index in [0.717, 1.165) is 24.2 Å². The fourth-order valence-corrected chi connectivity index (χ4v) is 2.66. The fourth-order valence-electron chi connectivity index (χ4n) is 2.66. The highest BCUT2D eigenvalue weighted by Crippen LogP contribution is 2.31. The molecule has 1 aromatic heterocycles. The van der Waals surface area contributed by atoms with Crippen molar-refractivity contribution in [3.05, 3.63) is 36.2 Å². The number of piperidine rings is 1. The average molecular weight is 227 g/mol. The van der Waals surface area contributed by atoms with E-state index < -0.39 is 0 Å². The molecule has 88 valence electrons. The summed E-state index contributed by atoms with van der Waals surface area (Å²) in [6.45, 7) is 2.18. The standard InChI is InChI=1S/C14H17N3/c15-13-9-17-14(10-5-7-16-8-6-10)12-4-2-1-3-11(12)13/h1-4,9-10,16H,5-8,15H2. The molecular weight excluding hydrogens is 210 g/mol. The average Bonchev–Trinajstić information content (AvgIpc) is 2.41. The molecule has 1 aromatic carbocycles. The monoisotopic (exact) mass is 227 g/mol. The molecule has 0 amide bonds. The van der Waals surface area contributed by atoms with Crippen molar-refractivity contribution in [3.8, 4) is 0 Å². The molecule has 3 N–H and O–H groups in total. The van der Waals surface area contributed by atoms with Gasteiger partial charge < -0.3 is 11.1 Å². The van der Waals surface area contributed by atoms with E-state index in [0.29, 0.717) is 5.92 Å². The van der Waals surface area contributed by atoms with E-state index in [1.54, 1.807) is 6.20 Å². The normalized spacial score (nSPS) is 17.4. The molecule has 3 heteroatoms. The maximum Gasteiger partial charge on any atom is 0.0580 e. The Labute approximate surface area is 101 Å². The summed E-state index contributed by atoms with van der Waals surface area (Å²) < 4.78 is 0. The number of rotatable bonds is 1. The molecule has 1 saturated heterocycles. The van der Waals surface area contributed by atoms with Gasteiger partial charge in [0.1, 0.15) is 0 Å². The number of anilines is 1. The lowest BCUT2D eigenvalue weighted by molar-refractivity contribution is 0.456. The van der Waals surface area contributed by atoms with Gasteiger partial charge in [-0.1, -0.05) is 24.3 Å². The van der Waals surface area contributed by atoms with Crippen LogP contribution in [0.4, 0.5) is 5.69 Å². The zero-order valence-corrected chi connectivity index (χ0v) is 9.82. The third-order valence-corrected chi connectivity index (χ3v) is 3.58. The lowest BCUT2D eigenvalue weighted by Gasteiger charge is -2.23. The van der Waals surface area contributed by atoms with E-state index in [9.17, 15) is 0 Å². The smallest absolute Gasteiger partial charge is 0.0580 e. The van der Waals surface area contributed by atoms with Crippen molar-refractivity contribution in [2.24, 2.45) is 0 Å². The van der Waals surface area contributed by atoms with Crippen LogP contribution in [0.3, 0.4) is 0 Å². The van der Waals surface area contributed by atoms with Crippen LogP contribution in [0.15, 0.2) is 30.5 Å². The number of nitrogens with zero attached hydrogens (tertiary/aromatic N) is 1. The predicted molar refractivity (Wildman–Crippen MR) is 71.0 cm³/mol. The Hall–Kier alpha value is -1.61. The number of benzene rings is 1.